The Labute approximate surface area is 87.5 Å². The predicted molar refractivity (Wildman–Crippen MR) is 58.0 cm³/mol. The average Bonchev–Trinajstić information content (AvgIpc) is 2.32. The van der Waals surface area contributed by atoms with E-state index >= 15 is 0 Å². The lowest BCUT2D eigenvalue weighted by atomic mass is 10.2. The minimum atomic E-state index is 0.883. The van der Waals surface area contributed by atoms with Crippen molar-refractivity contribution in [1.82, 2.24) is 9.78 Å². The molecule has 1 aromatic heterocycles. The lowest BCUT2D eigenvalue weighted by molar-refractivity contribution is 0.731. The molecule has 13 heavy (non-hydrogen) atoms. The van der Waals surface area contributed by atoms with E-state index < -0.39 is 0 Å². The molecule has 1 rings (SSSR count). The number of hydrogen-bond donors (Lipinski definition) is 0. The van der Waals surface area contributed by atoms with Gasteiger partial charge in [-0.3, -0.25) is 4.68 Å². The van der Waals surface area contributed by atoms with E-state index in [4.69, 9.17) is 0 Å². The molecule has 0 spiro atoms. The topological polar surface area (TPSA) is 17.8 Å². The predicted octanol–water partition coefficient (Wildman–Crippen LogP) is 2.17. The molecule has 0 radical (unpaired) electrons. The van der Waals surface area contributed by atoms with Crippen molar-refractivity contribution < 1.29 is 0 Å². The molecule has 0 aliphatic rings. The monoisotopic (exact) mass is 240 g/mol. The summed E-state index contributed by atoms with van der Waals surface area (Å²) in [5, 5.41) is 5.22. The van der Waals surface area contributed by atoms with Gasteiger partial charge in [0.05, 0.1) is 17.0 Å². The van der Waals surface area contributed by atoms with Crippen LogP contribution in [-0.2, 0) is 7.05 Å². The van der Waals surface area contributed by atoms with Crippen LogP contribution < -0.4 is 0 Å². The third-order valence-electron chi connectivity index (χ3n) is 1.94. The maximum absolute atomic E-state index is 4.29. The summed E-state index contributed by atoms with van der Waals surface area (Å²) < 4.78 is 1.87. The van der Waals surface area contributed by atoms with E-state index in [1.807, 2.05) is 25.6 Å². The van der Waals surface area contributed by atoms with Crippen LogP contribution in [0.2, 0.25) is 0 Å². The standard InChI is InChI=1S/C10H13BrN2/c1-8-10(6-4-5-7-11)9(2)13(3)12-8/h5,7H2,1-3H3. The van der Waals surface area contributed by atoms with E-state index in [1.165, 1.54) is 0 Å². The highest BCUT2D eigenvalue weighted by atomic mass is 79.9. The summed E-state index contributed by atoms with van der Waals surface area (Å²) in [5.41, 5.74) is 3.23. The van der Waals surface area contributed by atoms with Crippen LogP contribution in [0.5, 0.6) is 0 Å². The lowest BCUT2D eigenvalue weighted by Crippen LogP contribution is -1.92. The molecule has 0 aromatic carbocycles. The lowest BCUT2D eigenvalue weighted by Gasteiger charge is -1.91. The highest BCUT2D eigenvalue weighted by molar-refractivity contribution is 9.09. The Balaban J connectivity index is 2.96. The average molecular weight is 241 g/mol. The zero-order valence-corrected chi connectivity index (χ0v) is 9.77. The van der Waals surface area contributed by atoms with Gasteiger partial charge in [0.25, 0.3) is 0 Å². The Morgan fingerprint density at radius 3 is 2.62 bits per heavy atom. The molecule has 1 heterocycles. The first kappa shape index (κ1) is 10.3. The summed E-state index contributed by atoms with van der Waals surface area (Å²) in [6.07, 6.45) is 0.883. The molecule has 0 fully saturated rings. The van der Waals surface area contributed by atoms with Crippen molar-refractivity contribution in [2.45, 2.75) is 20.3 Å². The van der Waals surface area contributed by atoms with Crippen LogP contribution in [0.25, 0.3) is 0 Å². The van der Waals surface area contributed by atoms with Crippen LogP contribution >= 0.6 is 15.9 Å². The Hall–Kier alpha value is -0.750. The molecule has 0 N–H and O–H groups in total. The van der Waals surface area contributed by atoms with Crippen molar-refractivity contribution in [2.24, 2.45) is 7.05 Å². The maximum atomic E-state index is 4.29. The Bertz CT molecular complexity index is 355. The molecule has 1 aromatic rings. The molecular formula is C10H13BrN2. The number of aromatic nitrogens is 2. The second-order valence-corrected chi connectivity index (χ2v) is 3.70. The van der Waals surface area contributed by atoms with Gasteiger partial charge in [-0.05, 0) is 13.8 Å². The summed E-state index contributed by atoms with van der Waals surface area (Å²) >= 11 is 3.34. The molecular weight excluding hydrogens is 228 g/mol. The van der Waals surface area contributed by atoms with Crippen LogP contribution in [0.3, 0.4) is 0 Å². The van der Waals surface area contributed by atoms with Gasteiger partial charge in [-0.2, -0.15) is 5.10 Å². The van der Waals surface area contributed by atoms with E-state index in [1.54, 1.807) is 0 Å². The van der Waals surface area contributed by atoms with Crippen LogP contribution in [0.4, 0.5) is 0 Å². The minimum absolute atomic E-state index is 0.883. The third kappa shape index (κ3) is 2.35. The van der Waals surface area contributed by atoms with Crippen LogP contribution in [0, 0.1) is 25.7 Å². The molecule has 0 atom stereocenters. The fourth-order valence-electron chi connectivity index (χ4n) is 1.15. The first-order valence-electron chi connectivity index (χ1n) is 4.22. The van der Waals surface area contributed by atoms with E-state index in [0.717, 1.165) is 28.7 Å². The Morgan fingerprint density at radius 1 is 1.46 bits per heavy atom. The SMILES string of the molecule is Cc1nn(C)c(C)c1C#CCCBr. The molecule has 70 valence electrons. The van der Waals surface area contributed by atoms with Gasteiger partial charge >= 0.3 is 0 Å². The van der Waals surface area contributed by atoms with E-state index in [0.29, 0.717) is 0 Å². The Kier molecular flexibility index (Phi) is 3.56. The van der Waals surface area contributed by atoms with Crippen molar-refractivity contribution in [2.75, 3.05) is 5.33 Å². The van der Waals surface area contributed by atoms with E-state index in [2.05, 4.69) is 32.9 Å². The van der Waals surface area contributed by atoms with Gasteiger partial charge in [-0.25, -0.2) is 0 Å². The highest BCUT2D eigenvalue weighted by Gasteiger charge is 2.05. The molecule has 3 heteroatoms. The molecule has 2 nitrogen and oxygen atoms in total. The van der Waals surface area contributed by atoms with Crippen molar-refractivity contribution in [1.29, 1.82) is 0 Å². The van der Waals surface area contributed by atoms with Gasteiger partial charge in [0.2, 0.25) is 0 Å². The van der Waals surface area contributed by atoms with Crippen molar-refractivity contribution >= 4 is 15.9 Å². The second kappa shape index (κ2) is 4.48. The van der Waals surface area contributed by atoms with Crippen molar-refractivity contribution in [3.63, 3.8) is 0 Å². The third-order valence-corrected chi connectivity index (χ3v) is 2.34. The highest BCUT2D eigenvalue weighted by Crippen LogP contribution is 2.09. The second-order valence-electron chi connectivity index (χ2n) is 2.91. The number of alkyl halides is 1. The van der Waals surface area contributed by atoms with Crippen molar-refractivity contribution in [3.8, 4) is 11.8 Å². The fourth-order valence-corrected chi connectivity index (χ4v) is 1.35. The van der Waals surface area contributed by atoms with Gasteiger partial charge < -0.3 is 0 Å². The Morgan fingerprint density at radius 2 is 2.15 bits per heavy atom. The number of rotatable bonds is 1. The molecule has 0 saturated carbocycles. The van der Waals surface area contributed by atoms with E-state index in [9.17, 15) is 0 Å². The number of aryl methyl sites for hydroxylation is 2. The molecule has 0 saturated heterocycles. The quantitative estimate of drug-likeness (QED) is 0.544. The fraction of sp³-hybridized carbons (Fsp3) is 0.500. The summed E-state index contributed by atoms with van der Waals surface area (Å²) in [7, 11) is 1.94. The van der Waals surface area contributed by atoms with Crippen LogP contribution in [-0.4, -0.2) is 15.1 Å². The molecule has 0 aliphatic carbocycles. The summed E-state index contributed by atoms with van der Waals surface area (Å²) in [6, 6.07) is 0. The van der Waals surface area contributed by atoms with Gasteiger partial charge in [0.1, 0.15) is 0 Å². The first-order chi connectivity index (χ1) is 6.16. The smallest absolute Gasteiger partial charge is 0.0752 e. The van der Waals surface area contributed by atoms with Crippen LogP contribution in [0.1, 0.15) is 23.4 Å². The van der Waals surface area contributed by atoms with Gasteiger partial charge in [-0.1, -0.05) is 27.8 Å². The summed E-state index contributed by atoms with van der Waals surface area (Å²) in [6.45, 7) is 4.03. The van der Waals surface area contributed by atoms with Crippen LogP contribution in [0.15, 0.2) is 0 Å². The summed E-state index contributed by atoms with van der Waals surface area (Å²) in [5.74, 6) is 6.24. The zero-order valence-electron chi connectivity index (χ0n) is 8.19. The van der Waals surface area contributed by atoms with Gasteiger partial charge in [-0.15, -0.1) is 0 Å². The molecule has 0 amide bonds. The van der Waals surface area contributed by atoms with Crippen molar-refractivity contribution in [3.05, 3.63) is 17.0 Å². The number of nitrogens with zero attached hydrogens (tertiary/aromatic N) is 2. The van der Waals surface area contributed by atoms with Gasteiger partial charge in [0.15, 0.2) is 0 Å². The first-order valence-corrected chi connectivity index (χ1v) is 5.34. The normalized spacial score (nSPS) is 9.54. The number of hydrogen-bond acceptors (Lipinski definition) is 1. The minimum Gasteiger partial charge on any atom is -0.271 e. The maximum Gasteiger partial charge on any atom is 0.0752 e. The molecule has 0 aliphatic heterocycles. The van der Waals surface area contributed by atoms with E-state index in [-0.39, 0.29) is 0 Å². The molecule has 0 bridgehead atoms. The number of halogens is 1. The molecule has 0 unspecified atom stereocenters. The van der Waals surface area contributed by atoms with Gasteiger partial charge in [0, 0.05) is 18.8 Å². The largest absolute Gasteiger partial charge is 0.271 e. The zero-order chi connectivity index (χ0) is 9.84. The summed E-state index contributed by atoms with van der Waals surface area (Å²) in [4.78, 5) is 0.